The lowest BCUT2D eigenvalue weighted by Gasteiger charge is -2.12. The molecule has 100 valence electrons. The number of methoxy groups -OCH3 is 1. The second kappa shape index (κ2) is 6.81. The van der Waals surface area contributed by atoms with Gasteiger partial charge in [0.2, 0.25) is 0 Å². The molecule has 2 rings (SSSR count). The molecule has 0 heterocycles. The summed E-state index contributed by atoms with van der Waals surface area (Å²) in [5.74, 6) is 1.67. The zero-order chi connectivity index (χ0) is 13.5. The van der Waals surface area contributed by atoms with Crippen molar-refractivity contribution in [1.29, 1.82) is 0 Å². The van der Waals surface area contributed by atoms with Crippen LogP contribution in [0.4, 0.5) is 5.69 Å². The molecule has 0 amide bonds. The van der Waals surface area contributed by atoms with Gasteiger partial charge in [0.25, 0.3) is 0 Å². The number of nitrogens with one attached hydrogen (secondary N) is 1. The first kappa shape index (κ1) is 13.4. The van der Waals surface area contributed by atoms with Crippen LogP contribution in [-0.4, -0.2) is 19.8 Å². The van der Waals surface area contributed by atoms with Gasteiger partial charge in [-0.2, -0.15) is 0 Å². The van der Waals surface area contributed by atoms with Crippen molar-refractivity contribution in [2.24, 2.45) is 0 Å². The summed E-state index contributed by atoms with van der Waals surface area (Å²) in [6.07, 6.45) is 0.195. The van der Waals surface area contributed by atoms with Gasteiger partial charge >= 0.3 is 0 Å². The number of para-hydroxylation sites is 1. The van der Waals surface area contributed by atoms with Crippen molar-refractivity contribution < 1.29 is 9.47 Å². The topological polar surface area (TPSA) is 30.5 Å². The molecule has 0 spiro atoms. The van der Waals surface area contributed by atoms with E-state index >= 15 is 0 Å². The molecule has 3 heteroatoms. The van der Waals surface area contributed by atoms with Gasteiger partial charge < -0.3 is 14.8 Å². The quantitative estimate of drug-likeness (QED) is 0.850. The second-order valence-electron chi connectivity index (χ2n) is 4.37. The Kier molecular flexibility index (Phi) is 4.81. The van der Waals surface area contributed by atoms with E-state index in [0.717, 1.165) is 23.7 Å². The standard InChI is InChI=1S/C16H19NO2/c1-13(18-2)12-17-14-8-10-16(11-9-14)19-15-6-4-3-5-7-15/h3-11,13,17H,12H2,1-2H3. The Bertz CT molecular complexity index is 482. The average Bonchev–Trinajstić information content (AvgIpc) is 2.47. The van der Waals surface area contributed by atoms with E-state index < -0.39 is 0 Å². The number of benzene rings is 2. The van der Waals surface area contributed by atoms with Crippen LogP contribution in [0.5, 0.6) is 11.5 Å². The fourth-order valence-electron chi connectivity index (χ4n) is 1.61. The lowest BCUT2D eigenvalue weighted by Crippen LogP contribution is -2.17. The molecule has 0 aliphatic carbocycles. The van der Waals surface area contributed by atoms with E-state index in [1.54, 1.807) is 7.11 Å². The summed E-state index contributed by atoms with van der Waals surface area (Å²) in [5, 5.41) is 3.31. The van der Waals surface area contributed by atoms with Crippen LogP contribution in [0.1, 0.15) is 6.92 Å². The van der Waals surface area contributed by atoms with Crippen LogP contribution in [0, 0.1) is 0 Å². The molecule has 0 saturated heterocycles. The fraction of sp³-hybridized carbons (Fsp3) is 0.250. The third-order valence-electron chi connectivity index (χ3n) is 2.83. The van der Waals surface area contributed by atoms with E-state index in [-0.39, 0.29) is 6.10 Å². The highest BCUT2D eigenvalue weighted by Crippen LogP contribution is 2.22. The van der Waals surface area contributed by atoms with Gasteiger partial charge in [-0.3, -0.25) is 0 Å². The average molecular weight is 257 g/mol. The minimum Gasteiger partial charge on any atom is -0.457 e. The van der Waals surface area contributed by atoms with Gasteiger partial charge in [0.05, 0.1) is 6.10 Å². The van der Waals surface area contributed by atoms with Crippen molar-refractivity contribution in [3.05, 3.63) is 54.6 Å². The third-order valence-corrected chi connectivity index (χ3v) is 2.83. The zero-order valence-electron chi connectivity index (χ0n) is 11.3. The van der Waals surface area contributed by atoms with E-state index in [4.69, 9.17) is 9.47 Å². The van der Waals surface area contributed by atoms with Gasteiger partial charge in [0.15, 0.2) is 0 Å². The number of hydrogen-bond donors (Lipinski definition) is 1. The smallest absolute Gasteiger partial charge is 0.127 e. The normalized spacial score (nSPS) is 11.9. The SMILES string of the molecule is COC(C)CNc1ccc(Oc2ccccc2)cc1. The lowest BCUT2D eigenvalue weighted by atomic mass is 10.3. The van der Waals surface area contributed by atoms with Crippen LogP contribution in [0.2, 0.25) is 0 Å². The molecule has 0 fully saturated rings. The van der Waals surface area contributed by atoms with Gasteiger partial charge in [0.1, 0.15) is 11.5 Å². The summed E-state index contributed by atoms with van der Waals surface area (Å²) in [4.78, 5) is 0. The van der Waals surface area contributed by atoms with Gasteiger partial charge in [-0.25, -0.2) is 0 Å². The van der Waals surface area contributed by atoms with Crippen molar-refractivity contribution in [3.8, 4) is 11.5 Å². The molecule has 0 aromatic heterocycles. The van der Waals surface area contributed by atoms with E-state index in [2.05, 4.69) is 5.32 Å². The van der Waals surface area contributed by atoms with Crippen LogP contribution >= 0.6 is 0 Å². The summed E-state index contributed by atoms with van der Waals surface area (Å²) in [6, 6.07) is 17.7. The Labute approximate surface area is 114 Å². The lowest BCUT2D eigenvalue weighted by molar-refractivity contribution is 0.129. The monoisotopic (exact) mass is 257 g/mol. The first-order valence-corrected chi connectivity index (χ1v) is 6.37. The maximum absolute atomic E-state index is 5.73. The number of rotatable bonds is 6. The van der Waals surface area contributed by atoms with Crippen LogP contribution in [0.15, 0.2) is 54.6 Å². The Balaban J connectivity index is 1.91. The first-order chi connectivity index (χ1) is 9.28. The van der Waals surface area contributed by atoms with Crippen LogP contribution < -0.4 is 10.1 Å². The zero-order valence-corrected chi connectivity index (χ0v) is 11.3. The molecule has 2 aromatic carbocycles. The van der Waals surface area contributed by atoms with E-state index in [1.165, 1.54) is 0 Å². The molecule has 3 nitrogen and oxygen atoms in total. The summed E-state index contributed by atoms with van der Waals surface area (Å²) in [5.41, 5.74) is 1.06. The Hall–Kier alpha value is -2.00. The first-order valence-electron chi connectivity index (χ1n) is 6.37. The molecule has 1 N–H and O–H groups in total. The number of ether oxygens (including phenoxy) is 2. The van der Waals surface area contributed by atoms with E-state index in [1.807, 2.05) is 61.5 Å². The highest BCUT2D eigenvalue weighted by molar-refractivity contribution is 5.47. The highest BCUT2D eigenvalue weighted by Gasteiger charge is 2.00. The Morgan fingerprint density at radius 2 is 1.58 bits per heavy atom. The van der Waals surface area contributed by atoms with Gasteiger partial charge in [0, 0.05) is 19.3 Å². The minimum atomic E-state index is 0.195. The van der Waals surface area contributed by atoms with E-state index in [9.17, 15) is 0 Å². The fourth-order valence-corrected chi connectivity index (χ4v) is 1.61. The van der Waals surface area contributed by atoms with Gasteiger partial charge in [-0.15, -0.1) is 0 Å². The van der Waals surface area contributed by atoms with Gasteiger partial charge in [-0.05, 0) is 43.3 Å². The largest absolute Gasteiger partial charge is 0.457 e. The highest BCUT2D eigenvalue weighted by atomic mass is 16.5. The van der Waals surface area contributed by atoms with Crippen molar-refractivity contribution in [1.82, 2.24) is 0 Å². The van der Waals surface area contributed by atoms with Crippen molar-refractivity contribution in [2.75, 3.05) is 19.0 Å². The van der Waals surface area contributed by atoms with Crippen molar-refractivity contribution in [3.63, 3.8) is 0 Å². The molecule has 0 aliphatic heterocycles. The molecule has 19 heavy (non-hydrogen) atoms. The molecule has 2 aromatic rings. The van der Waals surface area contributed by atoms with Crippen LogP contribution in [0.25, 0.3) is 0 Å². The molecular weight excluding hydrogens is 238 g/mol. The third kappa shape index (κ3) is 4.30. The number of anilines is 1. The molecular formula is C16H19NO2. The number of hydrogen-bond acceptors (Lipinski definition) is 3. The Morgan fingerprint density at radius 3 is 2.21 bits per heavy atom. The minimum absolute atomic E-state index is 0.195. The van der Waals surface area contributed by atoms with Crippen molar-refractivity contribution >= 4 is 5.69 Å². The predicted octanol–water partition coefficient (Wildman–Crippen LogP) is 3.93. The van der Waals surface area contributed by atoms with Crippen LogP contribution in [-0.2, 0) is 4.74 Å². The Morgan fingerprint density at radius 1 is 0.947 bits per heavy atom. The van der Waals surface area contributed by atoms with Gasteiger partial charge in [-0.1, -0.05) is 18.2 Å². The maximum atomic E-state index is 5.73. The molecule has 0 aliphatic rings. The van der Waals surface area contributed by atoms with Crippen LogP contribution in [0.3, 0.4) is 0 Å². The summed E-state index contributed by atoms with van der Waals surface area (Å²) in [6.45, 7) is 2.81. The predicted molar refractivity (Wildman–Crippen MR) is 77.9 cm³/mol. The molecule has 1 unspecified atom stereocenters. The van der Waals surface area contributed by atoms with E-state index in [0.29, 0.717) is 0 Å². The molecule has 1 atom stereocenters. The summed E-state index contributed by atoms with van der Waals surface area (Å²) >= 11 is 0. The summed E-state index contributed by atoms with van der Waals surface area (Å²) in [7, 11) is 1.71. The summed E-state index contributed by atoms with van der Waals surface area (Å²) < 4.78 is 10.9. The molecule has 0 saturated carbocycles. The van der Waals surface area contributed by atoms with Crippen molar-refractivity contribution in [2.45, 2.75) is 13.0 Å². The maximum Gasteiger partial charge on any atom is 0.127 e. The molecule has 0 radical (unpaired) electrons. The molecule has 0 bridgehead atoms. The second-order valence-corrected chi connectivity index (χ2v) is 4.37.